The van der Waals surface area contributed by atoms with E-state index in [-0.39, 0.29) is 24.2 Å². The highest BCUT2D eigenvalue weighted by Gasteiger charge is 2.34. The third-order valence-electron chi connectivity index (χ3n) is 5.45. The highest BCUT2D eigenvalue weighted by Crippen LogP contribution is 2.27. The maximum Gasteiger partial charge on any atom is 0.340 e. The summed E-state index contributed by atoms with van der Waals surface area (Å²) in [6, 6.07) is 10.3. The molecule has 2 bridgehead atoms. The predicted octanol–water partition coefficient (Wildman–Crippen LogP) is 2.04. The lowest BCUT2D eigenvalue weighted by Gasteiger charge is -2.39. The van der Waals surface area contributed by atoms with Gasteiger partial charge in [0.25, 0.3) is 0 Å². The molecule has 5 rings (SSSR count). The van der Waals surface area contributed by atoms with Crippen molar-refractivity contribution in [2.75, 3.05) is 13.2 Å². The van der Waals surface area contributed by atoms with E-state index in [9.17, 15) is 4.79 Å². The van der Waals surface area contributed by atoms with Crippen molar-refractivity contribution in [1.29, 1.82) is 0 Å². The van der Waals surface area contributed by atoms with Gasteiger partial charge in [-0.1, -0.05) is 18.2 Å². The van der Waals surface area contributed by atoms with Crippen LogP contribution in [-0.2, 0) is 16.5 Å². The zero-order valence-corrected chi connectivity index (χ0v) is 15.2. The van der Waals surface area contributed by atoms with Gasteiger partial charge in [0.15, 0.2) is 0 Å². The number of morpholine rings is 1. The number of nitrogens with zero attached hydrogens (tertiary/aromatic N) is 3. The number of hydrogen-bond acceptors (Lipinski definition) is 5. The normalized spacial score (nSPS) is 24.9. The Kier molecular flexibility index (Phi) is 3.98. The molecule has 2 aliphatic rings. The molecule has 1 aromatic carbocycles. The van der Waals surface area contributed by atoms with Crippen LogP contribution in [0.25, 0.3) is 16.7 Å². The summed E-state index contributed by atoms with van der Waals surface area (Å²) in [5, 5.41) is 8.66. The fraction of sp³-hybridized carbons (Fsp3) is 0.400. The highest BCUT2D eigenvalue weighted by atomic mass is 16.5. The summed E-state index contributed by atoms with van der Waals surface area (Å²) in [7, 11) is 1.89. The molecule has 0 spiro atoms. The fourth-order valence-electron chi connectivity index (χ4n) is 4.23. The molecule has 2 saturated heterocycles. The van der Waals surface area contributed by atoms with Crippen LogP contribution in [0.2, 0.25) is 0 Å². The molecule has 7 heteroatoms. The Morgan fingerprint density at radius 2 is 2.00 bits per heavy atom. The van der Waals surface area contributed by atoms with E-state index in [4.69, 9.17) is 9.47 Å². The highest BCUT2D eigenvalue weighted by molar-refractivity contribution is 6.04. The van der Waals surface area contributed by atoms with Crippen molar-refractivity contribution in [2.24, 2.45) is 7.05 Å². The first-order valence-corrected chi connectivity index (χ1v) is 9.32. The summed E-state index contributed by atoms with van der Waals surface area (Å²) in [6.45, 7) is 1.37. The Labute approximate surface area is 156 Å². The number of carbonyl (C=O) groups excluding carboxylic acids is 1. The molecule has 0 saturated carbocycles. The molecule has 0 amide bonds. The average Bonchev–Trinajstić information content (AvgIpc) is 3.25. The second-order valence-electron chi connectivity index (χ2n) is 7.34. The summed E-state index contributed by atoms with van der Waals surface area (Å²) in [5.74, 6) is 0.636. The lowest BCUT2D eigenvalue weighted by molar-refractivity contribution is -0.0339. The summed E-state index contributed by atoms with van der Waals surface area (Å²) in [4.78, 5) is 13.0. The largest absolute Gasteiger partial charge is 0.459 e. The van der Waals surface area contributed by atoms with Gasteiger partial charge in [0.1, 0.15) is 11.9 Å². The standard InChI is InChI=1S/C20H22N4O3/c1-23-19(6-7-21-23)24-10-17(16-4-2-3-5-18(16)24)20(25)27-15-8-13-11-26-12-14(9-15)22-13/h2-7,10,13-15,22H,8-9,11-12H2,1H3. The summed E-state index contributed by atoms with van der Waals surface area (Å²) in [6.07, 6.45) is 5.12. The van der Waals surface area contributed by atoms with Crippen LogP contribution < -0.4 is 5.32 Å². The van der Waals surface area contributed by atoms with E-state index < -0.39 is 0 Å². The molecule has 27 heavy (non-hydrogen) atoms. The second kappa shape index (κ2) is 6.51. The number of esters is 1. The Bertz CT molecular complexity index is 980. The van der Waals surface area contributed by atoms with E-state index in [0.717, 1.165) is 29.6 Å². The molecule has 2 atom stereocenters. The molecule has 4 heterocycles. The summed E-state index contributed by atoms with van der Waals surface area (Å²) < 4.78 is 15.3. The van der Waals surface area contributed by atoms with Crippen molar-refractivity contribution in [2.45, 2.75) is 31.0 Å². The van der Waals surface area contributed by atoms with Gasteiger partial charge in [-0.2, -0.15) is 5.10 Å². The van der Waals surface area contributed by atoms with Crippen LogP contribution in [0, 0.1) is 0 Å². The van der Waals surface area contributed by atoms with Crippen molar-refractivity contribution in [3.8, 4) is 5.82 Å². The van der Waals surface area contributed by atoms with Crippen molar-refractivity contribution in [3.05, 3.63) is 48.3 Å². The van der Waals surface area contributed by atoms with Crippen LogP contribution in [0.4, 0.5) is 0 Å². The molecule has 140 valence electrons. The molecule has 2 fully saturated rings. The van der Waals surface area contributed by atoms with Crippen molar-refractivity contribution in [3.63, 3.8) is 0 Å². The van der Waals surface area contributed by atoms with Crippen molar-refractivity contribution in [1.82, 2.24) is 19.7 Å². The van der Waals surface area contributed by atoms with Crippen molar-refractivity contribution < 1.29 is 14.3 Å². The SMILES string of the molecule is Cn1nccc1-n1cc(C(=O)OC2CC3COCC(C2)N3)c2ccccc21. The van der Waals surface area contributed by atoms with Gasteiger partial charge >= 0.3 is 5.97 Å². The molecule has 2 aromatic heterocycles. The lowest BCUT2D eigenvalue weighted by Crippen LogP contribution is -2.56. The number of para-hydroxylation sites is 1. The Morgan fingerprint density at radius 1 is 1.22 bits per heavy atom. The fourth-order valence-corrected chi connectivity index (χ4v) is 4.23. The van der Waals surface area contributed by atoms with Gasteiger partial charge in [-0.15, -0.1) is 0 Å². The van der Waals surface area contributed by atoms with Gasteiger partial charge in [-0.3, -0.25) is 4.68 Å². The van der Waals surface area contributed by atoms with Gasteiger partial charge in [0, 0.05) is 49.6 Å². The van der Waals surface area contributed by atoms with Crippen molar-refractivity contribution >= 4 is 16.9 Å². The van der Waals surface area contributed by atoms with Crippen LogP contribution >= 0.6 is 0 Å². The number of fused-ring (bicyclic) bond motifs is 3. The number of hydrogen-bond donors (Lipinski definition) is 1. The molecular weight excluding hydrogens is 344 g/mol. The molecule has 0 radical (unpaired) electrons. The van der Waals surface area contributed by atoms with E-state index in [1.807, 2.05) is 48.1 Å². The molecule has 3 aromatic rings. The Morgan fingerprint density at radius 3 is 2.74 bits per heavy atom. The molecular formula is C20H22N4O3. The van der Waals surface area contributed by atoms with Gasteiger partial charge in [-0.05, 0) is 6.07 Å². The number of aromatic nitrogens is 3. The van der Waals surface area contributed by atoms with Crippen LogP contribution in [0.5, 0.6) is 0 Å². The number of benzene rings is 1. The van der Waals surface area contributed by atoms with E-state index in [2.05, 4.69) is 10.4 Å². The number of piperidine rings is 1. The number of nitrogens with one attached hydrogen (secondary N) is 1. The topological polar surface area (TPSA) is 70.3 Å². The summed E-state index contributed by atoms with van der Waals surface area (Å²) in [5.41, 5.74) is 1.55. The van der Waals surface area contributed by atoms with E-state index in [1.54, 1.807) is 10.9 Å². The first-order valence-electron chi connectivity index (χ1n) is 9.32. The Balaban J connectivity index is 1.46. The first-order chi connectivity index (χ1) is 13.2. The first kappa shape index (κ1) is 16.5. The lowest BCUT2D eigenvalue weighted by atomic mass is 9.94. The van der Waals surface area contributed by atoms with Crippen LogP contribution in [0.3, 0.4) is 0 Å². The minimum Gasteiger partial charge on any atom is -0.459 e. The minimum absolute atomic E-state index is 0.0727. The quantitative estimate of drug-likeness (QED) is 0.719. The molecule has 2 unspecified atom stereocenters. The zero-order valence-electron chi connectivity index (χ0n) is 15.2. The Hall–Kier alpha value is -2.64. The third kappa shape index (κ3) is 2.93. The van der Waals surface area contributed by atoms with Gasteiger partial charge in [0.2, 0.25) is 0 Å². The maximum atomic E-state index is 13.0. The second-order valence-corrected chi connectivity index (χ2v) is 7.34. The molecule has 0 aliphatic carbocycles. The number of ether oxygens (including phenoxy) is 2. The minimum atomic E-state index is -0.266. The van der Waals surface area contributed by atoms with Gasteiger partial charge in [-0.25, -0.2) is 4.79 Å². The van der Waals surface area contributed by atoms with E-state index in [0.29, 0.717) is 18.8 Å². The maximum absolute atomic E-state index is 13.0. The number of rotatable bonds is 3. The molecule has 2 aliphatic heterocycles. The number of carbonyl (C=O) groups is 1. The predicted molar refractivity (Wildman–Crippen MR) is 100 cm³/mol. The number of aryl methyl sites for hydroxylation is 1. The van der Waals surface area contributed by atoms with Crippen LogP contribution in [0.15, 0.2) is 42.7 Å². The molecule has 1 N–H and O–H groups in total. The van der Waals surface area contributed by atoms with Gasteiger partial charge < -0.3 is 19.4 Å². The van der Waals surface area contributed by atoms with Crippen LogP contribution in [-0.4, -0.2) is 51.7 Å². The average molecular weight is 366 g/mol. The van der Waals surface area contributed by atoms with E-state index >= 15 is 0 Å². The van der Waals surface area contributed by atoms with E-state index in [1.165, 1.54) is 0 Å². The zero-order chi connectivity index (χ0) is 18.4. The monoisotopic (exact) mass is 366 g/mol. The smallest absolute Gasteiger partial charge is 0.340 e. The van der Waals surface area contributed by atoms with Gasteiger partial charge in [0.05, 0.1) is 30.5 Å². The molecule has 7 nitrogen and oxygen atoms in total. The van der Waals surface area contributed by atoms with Crippen LogP contribution in [0.1, 0.15) is 23.2 Å². The third-order valence-corrected chi connectivity index (χ3v) is 5.45. The summed E-state index contributed by atoms with van der Waals surface area (Å²) >= 11 is 0.